The summed E-state index contributed by atoms with van der Waals surface area (Å²) in [7, 11) is -3.18. The van der Waals surface area contributed by atoms with Crippen molar-refractivity contribution in [3.63, 3.8) is 0 Å². The third kappa shape index (κ3) is 5.72. The standard InChI is InChI=1S/C18H19NO5S/c1-3-24-18(21)15-8-5-9-16(11-15)19-17(20)14-7-4-6-13(10-14)12-25(2,22)23/h4-11H,3,12H2,1-2H3,(H,19,20). The van der Waals surface area contributed by atoms with Crippen LogP contribution in [0.1, 0.15) is 33.2 Å². The summed E-state index contributed by atoms with van der Waals surface area (Å²) in [5.41, 5.74) is 1.66. The molecule has 2 rings (SSSR count). The van der Waals surface area contributed by atoms with Crippen LogP contribution in [0.25, 0.3) is 0 Å². The molecule has 2 aromatic rings. The molecular weight excluding hydrogens is 342 g/mol. The lowest BCUT2D eigenvalue weighted by atomic mass is 10.1. The van der Waals surface area contributed by atoms with Gasteiger partial charge in [-0.1, -0.05) is 18.2 Å². The lowest BCUT2D eigenvalue weighted by Gasteiger charge is -2.08. The number of carbonyl (C=O) groups excluding carboxylic acids is 2. The third-order valence-electron chi connectivity index (χ3n) is 3.25. The zero-order valence-corrected chi connectivity index (χ0v) is 14.8. The number of sulfone groups is 1. The number of ether oxygens (including phenoxy) is 1. The molecule has 132 valence electrons. The molecule has 0 spiro atoms. The first-order chi connectivity index (χ1) is 11.8. The van der Waals surface area contributed by atoms with Gasteiger partial charge in [0.2, 0.25) is 0 Å². The van der Waals surface area contributed by atoms with E-state index >= 15 is 0 Å². The molecule has 1 amide bonds. The number of hydrogen-bond acceptors (Lipinski definition) is 5. The molecule has 0 unspecified atom stereocenters. The molecule has 2 aromatic carbocycles. The van der Waals surface area contributed by atoms with Gasteiger partial charge >= 0.3 is 5.97 Å². The fourth-order valence-corrected chi connectivity index (χ4v) is 3.03. The molecular formula is C18H19NO5S. The fourth-order valence-electron chi connectivity index (χ4n) is 2.25. The van der Waals surface area contributed by atoms with Gasteiger partial charge < -0.3 is 10.1 Å². The van der Waals surface area contributed by atoms with E-state index in [1.54, 1.807) is 43.3 Å². The number of rotatable bonds is 6. The summed E-state index contributed by atoms with van der Waals surface area (Å²) in [5.74, 6) is -0.989. The highest BCUT2D eigenvalue weighted by atomic mass is 32.2. The number of benzene rings is 2. The van der Waals surface area contributed by atoms with Gasteiger partial charge in [0.25, 0.3) is 5.91 Å². The van der Waals surface area contributed by atoms with Gasteiger partial charge in [-0.2, -0.15) is 0 Å². The van der Waals surface area contributed by atoms with Gasteiger partial charge in [0.15, 0.2) is 9.84 Å². The lowest BCUT2D eigenvalue weighted by molar-refractivity contribution is 0.0526. The molecule has 1 N–H and O–H groups in total. The molecule has 6 nitrogen and oxygen atoms in total. The average Bonchev–Trinajstić information content (AvgIpc) is 2.54. The van der Waals surface area contributed by atoms with Crippen molar-refractivity contribution in [2.45, 2.75) is 12.7 Å². The molecule has 0 aliphatic rings. The number of amides is 1. The zero-order valence-electron chi connectivity index (χ0n) is 14.0. The Hall–Kier alpha value is -2.67. The van der Waals surface area contributed by atoms with E-state index in [1.165, 1.54) is 12.1 Å². The Balaban J connectivity index is 2.16. The zero-order chi connectivity index (χ0) is 18.4. The Morgan fingerprint density at radius 2 is 1.72 bits per heavy atom. The van der Waals surface area contributed by atoms with Crippen LogP contribution >= 0.6 is 0 Å². The van der Waals surface area contributed by atoms with E-state index < -0.39 is 21.7 Å². The van der Waals surface area contributed by atoms with E-state index in [-0.39, 0.29) is 12.4 Å². The van der Waals surface area contributed by atoms with E-state index in [0.717, 1.165) is 6.26 Å². The largest absolute Gasteiger partial charge is 0.462 e. The topological polar surface area (TPSA) is 89.5 Å². The predicted octanol–water partition coefficient (Wildman–Crippen LogP) is 2.66. The summed E-state index contributed by atoms with van der Waals surface area (Å²) >= 11 is 0. The molecule has 0 bridgehead atoms. The molecule has 0 atom stereocenters. The summed E-state index contributed by atoms with van der Waals surface area (Å²) in [6, 6.07) is 12.8. The van der Waals surface area contributed by atoms with Crippen LogP contribution in [-0.2, 0) is 20.3 Å². The molecule has 0 saturated carbocycles. The molecule has 0 radical (unpaired) electrons. The number of hydrogen-bond donors (Lipinski definition) is 1. The molecule has 0 aromatic heterocycles. The van der Waals surface area contributed by atoms with Gasteiger partial charge in [-0.25, -0.2) is 13.2 Å². The minimum atomic E-state index is -3.18. The van der Waals surface area contributed by atoms with Crippen LogP contribution in [0, 0.1) is 0 Å². The van der Waals surface area contributed by atoms with Crippen LogP contribution in [0.5, 0.6) is 0 Å². The van der Waals surface area contributed by atoms with Crippen molar-refractivity contribution < 1.29 is 22.7 Å². The first-order valence-electron chi connectivity index (χ1n) is 7.63. The van der Waals surface area contributed by atoms with Crippen molar-refractivity contribution in [3.05, 3.63) is 65.2 Å². The minimum absolute atomic E-state index is 0.132. The van der Waals surface area contributed by atoms with E-state index in [9.17, 15) is 18.0 Å². The summed E-state index contributed by atoms with van der Waals surface area (Å²) < 4.78 is 27.7. The van der Waals surface area contributed by atoms with Crippen molar-refractivity contribution in [3.8, 4) is 0 Å². The SMILES string of the molecule is CCOC(=O)c1cccc(NC(=O)c2cccc(CS(C)(=O)=O)c2)c1. The van der Waals surface area contributed by atoms with E-state index in [2.05, 4.69) is 5.32 Å². The first-order valence-corrected chi connectivity index (χ1v) is 9.70. The molecule has 0 saturated heterocycles. The van der Waals surface area contributed by atoms with Crippen LogP contribution < -0.4 is 5.32 Å². The van der Waals surface area contributed by atoms with E-state index in [1.807, 2.05) is 0 Å². The molecule has 0 heterocycles. The summed E-state index contributed by atoms with van der Waals surface area (Å²) in [4.78, 5) is 24.1. The number of esters is 1. The van der Waals surface area contributed by atoms with Crippen molar-refractivity contribution in [2.24, 2.45) is 0 Å². The Morgan fingerprint density at radius 1 is 1.04 bits per heavy atom. The predicted molar refractivity (Wildman–Crippen MR) is 95.3 cm³/mol. The quantitative estimate of drug-likeness (QED) is 0.799. The number of nitrogens with one attached hydrogen (secondary N) is 1. The fraction of sp³-hybridized carbons (Fsp3) is 0.222. The molecule has 7 heteroatoms. The van der Waals surface area contributed by atoms with Gasteiger partial charge in [0.1, 0.15) is 0 Å². The van der Waals surface area contributed by atoms with Crippen LogP contribution in [0.2, 0.25) is 0 Å². The smallest absolute Gasteiger partial charge is 0.338 e. The molecule has 25 heavy (non-hydrogen) atoms. The highest BCUT2D eigenvalue weighted by molar-refractivity contribution is 7.89. The van der Waals surface area contributed by atoms with Gasteiger partial charge in [0.05, 0.1) is 17.9 Å². The summed E-state index contributed by atoms with van der Waals surface area (Å²) in [6.45, 7) is 1.98. The van der Waals surface area contributed by atoms with Crippen LogP contribution in [0.3, 0.4) is 0 Å². The second-order valence-corrected chi connectivity index (χ2v) is 7.67. The maximum atomic E-state index is 12.4. The van der Waals surface area contributed by atoms with Gasteiger partial charge in [-0.05, 0) is 42.8 Å². The molecule has 0 aliphatic heterocycles. The van der Waals surface area contributed by atoms with Crippen molar-refractivity contribution in [2.75, 3.05) is 18.2 Å². The second-order valence-electron chi connectivity index (χ2n) is 5.53. The highest BCUT2D eigenvalue weighted by Gasteiger charge is 2.11. The number of carbonyl (C=O) groups is 2. The monoisotopic (exact) mass is 361 g/mol. The summed E-state index contributed by atoms with van der Waals surface area (Å²) in [5, 5.41) is 2.69. The lowest BCUT2D eigenvalue weighted by Crippen LogP contribution is -2.13. The van der Waals surface area contributed by atoms with Gasteiger partial charge in [0, 0.05) is 17.5 Å². The van der Waals surface area contributed by atoms with Crippen LogP contribution in [-0.4, -0.2) is 33.2 Å². The van der Waals surface area contributed by atoms with Gasteiger partial charge in [-0.3, -0.25) is 4.79 Å². The van der Waals surface area contributed by atoms with Crippen LogP contribution in [0.15, 0.2) is 48.5 Å². The average molecular weight is 361 g/mol. The van der Waals surface area contributed by atoms with Crippen molar-refractivity contribution in [1.29, 1.82) is 0 Å². The Kier molecular flexibility index (Phi) is 5.93. The Morgan fingerprint density at radius 3 is 2.40 bits per heavy atom. The Bertz CT molecular complexity index is 890. The molecule has 0 fully saturated rings. The Labute approximate surface area is 146 Å². The van der Waals surface area contributed by atoms with Crippen molar-refractivity contribution in [1.82, 2.24) is 0 Å². The maximum absolute atomic E-state index is 12.4. The normalized spacial score (nSPS) is 11.0. The van der Waals surface area contributed by atoms with Crippen molar-refractivity contribution >= 4 is 27.4 Å². The summed E-state index contributed by atoms with van der Waals surface area (Å²) in [6.07, 6.45) is 1.14. The van der Waals surface area contributed by atoms with Crippen LogP contribution in [0.4, 0.5) is 5.69 Å². The minimum Gasteiger partial charge on any atom is -0.462 e. The highest BCUT2D eigenvalue weighted by Crippen LogP contribution is 2.15. The maximum Gasteiger partial charge on any atom is 0.338 e. The van der Waals surface area contributed by atoms with E-state index in [0.29, 0.717) is 22.4 Å². The van der Waals surface area contributed by atoms with Gasteiger partial charge in [-0.15, -0.1) is 0 Å². The first kappa shape index (κ1) is 18.7. The molecule has 0 aliphatic carbocycles. The van der Waals surface area contributed by atoms with E-state index in [4.69, 9.17) is 4.74 Å². The number of anilines is 1. The third-order valence-corrected chi connectivity index (χ3v) is 4.11. The second kappa shape index (κ2) is 7.94.